The number of hydrogen-bond donors (Lipinski definition) is 0. The second-order valence-electron chi connectivity index (χ2n) is 11.2. The molecule has 0 heterocycles. The van der Waals surface area contributed by atoms with Gasteiger partial charge in [-0.2, -0.15) is 0 Å². The summed E-state index contributed by atoms with van der Waals surface area (Å²) in [6.45, 7) is 9.10. The number of rotatable bonds is 24. The number of carbonyl (C=O) groups is 4. The van der Waals surface area contributed by atoms with Crippen molar-refractivity contribution in [1.82, 2.24) is 0 Å². The highest BCUT2D eigenvalue weighted by Crippen LogP contribution is 2.16. The minimum atomic E-state index is -0.382. The van der Waals surface area contributed by atoms with Gasteiger partial charge in [-0.3, -0.25) is 4.79 Å². The van der Waals surface area contributed by atoms with Gasteiger partial charge in [0, 0.05) is 24.1 Å². The summed E-state index contributed by atoms with van der Waals surface area (Å²) in [5.41, 5.74) is 2.22. The van der Waals surface area contributed by atoms with Crippen molar-refractivity contribution in [2.24, 2.45) is 0 Å². The molecule has 274 valence electrons. The van der Waals surface area contributed by atoms with Crippen molar-refractivity contribution in [3.8, 4) is 17.2 Å². The van der Waals surface area contributed by atoms with E-state index in [1.807, 2.05) is 24.3 Å². The summed E-state index contributed by atoms with van der Waals surface area (Å²) in [5, 5.41) is 0. The molecule has 0 saturated carbocycles. The monoisotopic (exact) mass is 702 g/mol. The van der Waals surface area contributed by atoms with Gasteiger partial charge < -0.3 is 28.4 Å². The van der Waals surface area contributed by atoms with E-state index in [0.29, 0.717) is 50.6 Å². The summed E-state index contributed by atoms with van der Waals surface area (Å²) in [5.74, 6) is 1.19. The topological polar surface area (TPSA) is 124 Å². The molecule has 0 aliphatic heterocycles. The first-order valence-electron chi connectivity index (χ1n) is 17.2. The summed E-state index contributed by atoms with van der Waals surface area (Å²) in [6.07, 6.45) is 11.3. The van der Waals surface area contributed by atoms with Gasteiger partial charge in [0.2, 0.25) is 0 Å². The number of hydrogen-bond acceptors (Lipinski definition) is 10. The fourth-order valence-electron chi connectivity index (χ4n) is 4.43. The van der Waals surface area contributed by atoms with Gasteiger partial charge in [0.15, 0.2) is 0 Å². The quantitative estimate of drug-likeness (QED) is 0.0299. The van der Waals surface area contributed by atoms with E-state index in [9.17, 15) is 19.2 Å². The summed E-state index contributed by atoms with van der Waals surface area (Å²) in [7, 11) is 1.63. The Labute approximate surface area is 301 Å². The van der Waals surface area contributed by atoms with Gasteiger partial charge in [-0.15, -0.1) is 0 Å². The van der Waals surface area contributed by atoms with E-state index in [0.717, 1.165) is 80.5 Å². The van der Waals surface area contributed by atoms with Crippen LogP contribution in [0.3, 0.4) is 0 Å². The van der Waals surface area contributed by atoms with E-state index in [-0.39, 0.29) is 17.9 Å². The highest BCUT2D eigenvalue weighted by Gasteiger charge is 2.08. The largest absolute Gasteiger partial charge is 0.497 e. The summed E-state index contributed by atoms with van der Waals surface area (Å²) < 4.78 is 31.5. The lowest BCUT2D eigenvalue weighted by Crippen LogP contribution is -2.08. The zero-order valence-corrected chi connectivity index (χ0v) is 29.6. The number of methoxy groups -OCH3 is 1. The maximum absolute atomic E-state index is 12.2. The number of esters is 3. The molecular formula is C41H50O10. The van der Waals surface area contributed by atoms with E-state index in [4.69, 9.17) is 28.4 Å². The number of aldehydes is 1. The lowest BCUT2D eigenvalue weighted by Gasteiger charge is -2.08. The summed E-state index contributed by atoms with van der Waals surface area (Å²) in [4.78, 5) is 44.3. The average molecular weight is 703 g/mol. The predicted octanol–water partition coefficient (Wildman–Crippen LogP) is 7.93. The number of ether oxygens (including phenoxy) is 6. The standard InChI is InChI=1S/C25H30O6.C16H20O4/c1-3-24(26)30-18-7-5-4-6-17-29-23-14-10-21(11-15-23)25(27)31-19-16-20-8-12-22(28-2)13-9-20;1-2-16(18)20-12-6-4-3-5-11-19-15-9-7-14(13-17)8-10-15/h3,8-15H,1,4-7,16-19H2,2H3;2,7-10,13H,1,3-6,11-12H2. The molecule has 0 radical (unpaired) electrons. The number of unbranched alkanes of at least 4 members (excludes halogenated alkanes) is 6. The van der Waals surface area contributed by atoms with Crippen LogP contribution in [0.15, 0.2) is 98.1 Å². The molecule has 0 spiro atoms. The molecule has 0 aliphatic carbocycles. The van der Waals surface area contributed by atoms with E-state index >= 15 is 0 Å². The van der Waals surface area contributed by atoms with Crippen molar-refractivity contribution in [2.45, 2.75) is 57.8 Å². The van der Waals surface area contributed by atoms with Gasteiger partial charge in [-0.05, 0) is 118 Å². The minimum Gasteiger partial charge on any atom is -0.497 e. The van der Waals surface area contributed by atoms with Gasteiger partial charge in [0.1, 0.15) is 23.5 Å². The lowest BCUT2D eigenvalue weighted by atomic mass is 10.1. The lowest BCUT2D eigenvalue weighted by molar-refractivity contribution is -0.138. The summed E-state index contributed by atoms with van der Waals surface area (Å²) in [6, 6.07) is 21.7. The van der Waals surface area contributed by atoms with Crippen molar-refractivity contribution >= 4 is 24.2 Å². The summed E-state index contributed by atoms with van der Waals surface area (Å²) >= 11 is 0. The highest BCUT2D eigenvalue weighted by molar-refractivity contribution is 5.89. The minimum absolute atomic E-state index is 0.316. The van der Waals surface area contributed by atoms with Crippen LogP contribution < -0.4 is 14.2 Å². The molecule has 0 bridgehead atoms. The van der Waals surface area contributed by atoms with Gasteiger partial charge in [-0.1, -0.05) is 25.3 Å². The average Bonchev–Trinajstić information content (AvgIpc) is 3.17. The van der Waals surface area contributed by atoms with Crippen LogP contribution in [-0.2, 0) is 30.2 Å². The second kappa shape index (κ2) is 26.5. The Morgan fingerprint density at radius 1 is 0.549 bits per heavy atom. The molecule has 0 atom stereocenters. The molecule has 0 unspecified atom stereocenters. The van der Waals surface area contributed by atoms with Crippen LogP contribution in [0.25, 0.3) is 0 Å². The molecule has 3 rings (SSSR count). The number of carbonyl (C=O) groups excluding carboxylic acids is 4. The van der Waals surface area contributed by atoms with Crippen molar-refractivity contribution in [3.05, 3.63) is 115 Å². The maximum atomic E-state index is 12.2. The van der Waals surface area contributed by atoms with E-state index in [2.05, 4.69) is 13.2 Å². The zero-order chi connectivity index (χ0) is 36.9. The SMILES string of the molecule is C=CC(=O)OCCCCCCOc1ccc(C(=O)OCCc2ccc(OC)cc2)cc1.C=CC(=O)OCCCCCCOc1ccc(C=O)cc1. The maximum Gasteiger partial charge on any atom is 0.338 e. The van der Waals surface area contributed by atoms with Crippen LogP contribution in [0.4, 0.5) is 0 Å². The molecule has 0 aromatic heterocycles. The molecule has 3 aromatic rings. The van der Waals surface area contributed by atoms with E-state index < -0.39 is 0 Å². The Balaban J connectivity index is 0.000000389. The van der Waals surface area contributed by atoms with E-state index in [1.165, 1.54) is 12.2 Å². The third-order valence-electron chi connectivity index (χ3n) is 7.33. The third kappa shape index (κ3) is 19.4. The van der Waals surface area contributed by atoms with Gasteiger partial charge in [0.25, 0.3) is 0 Å². The molecular weight excluding hydrogens is 652 g/mol. The second-order valence-corrected chi connectivity index (χ2v) is 11.2. The van der Waals surface area contributed by atoms with Crippen LogP contribution >= 0.6 is 0 Å². The number of benzene rings is 3. The molecule has 10 heteroatoms. The van der Waals surface area contributed by atoms with Crippen LogP contribution in [0.5, 0.6) is 17.2 Å². The van der Waals surface area contributed by atoms with Crippen molar-refractivity contribution in [2.75, 3.05) is 40.1 Å². The normalized spacial score (nSPS) is 10.1. The Morgan fingerprint density at radius 2 is 1.00 bits per heavy atom. The molecule has 3 aromatic carbocycles. The van der Waals surface area contributed by atoms with Gasteiger partial charge in [0.05, 0.1) is 45.7 Å². The molecule has 51 heavy (non-hydrogen) atoms. The van der Waals surface area contributed by atoms with Crippen LogP contribution in [0.1, 0.15) is 77.6 Å². The first-order chi connectivity index (χ1) is 24.9. The Morgan fingerprint density at radius 3 is 1.45 bits per heavy atom. The smallest absolute Gasteiger partial charge is 0.338 e. The van der Waals surface area contributed by atoms with Gasteiger partial charge in [-0.25, -0.2) is 14.4 Å². The molecule has 0 fully saturated rings. The van der Waals surface area contributed by atoms with Gasteiger partial charge >= 0.3 is 17.9 Å². The Kier molecular flexibility index (Phi) is 21.7. The molecule has 0 saturated heterocycles. The predicted molar refractivity (Wildman–Crippen MR) is 195 cm³/mol. The van der Waals surface area contributed by atoms with E-state index in [1.54, 1.807) is 55.6 Å². The first kappa shape index (κ1) is 41.8. The first-order valence-corrected chi connectivity index (χ1v) is 17.2. The fraction of sp³-hybridized carbons (Fsp3) is 0.366. The van der Waals surface area contributed by atoms with Crippen LogP contribution in [0.2, 0.25) is 0 Å². The molecule has 0 amide bonds. The third-order valence-corrected chi connectivity index (χ3v) is 7.33. The van der Waals surface area contributed by atoms with Crippen molar-refractivity contribution in [1.29, 1.82) is 0 Å². The Bertz CT molecular complexity index is 1450. The van der Waals surface area contributed by atoms with Crippen molar-refractivity contribution in [3.63, 3.8) is 0 Å². The van der Waals surface area contributed by atoms with Crippen molar-refractivity contribution < 1.29 is 47.6 Å². The molecule has 10 nitrogen and oxygen atoms in total. The Hall–Kier alpha value is -5.38. The highest BCUT2D eigenvalue weighted by atomic mass is 16.5. The molecule has 0 aliphatic rings. The van der Waals surface area contributed by atoms with Crippen LogP contribution in [-0.4, -0.2) is 64.3 Å². The van der Waals surface area contributed by atoms with Crippen LogP contribution in [0, 0.1) is 0 Å². The fourth-order valence-corrected chi connectivity index (χ4v) is 4.43. The molecule has 0 N–H and O–H groups in total. The zero-order valence-electron chi connectivity index (χ0n) is 29.6.